The van der Waals surface area contributed by atoms with Gasteiger partial charge in [-0.25, -0.2) is 0 Å². The Bertz CT molecular complexity index is 766. The van der Waals surface area contributed by atoms with Crippen LogP contribution in [0.1, 0.15) is 5.56 Å². The van der Waals surface area contributed by atoms with Gasteiger partial charge in [0.1, 0.15) is 11.4 Å². The molecule has 0 atom stereocenters. The molecule has 1 aromatic carbocycles. The van der Waals surface area contributed by atoms with Crippen LogP contribution in [0.25, 0.3) is 22.4 Å². The monoisotopic (exact) mass is 281 g/mol. The first-order chi connectivity index (χ1) is 10.2. The van der Waals surface area contributed by atoms with Gasteiger partial charge in [0.2, 0.25) is 5.88 Å². The molecule has 0 bridgehead atoms. The molecule has 0 aliphatic heterocycles. The van der Waals surface area contributed by atoms with Gasteiger partial charge < -0.3 is 15.0 Å². The summed E-state index contributed by atoms with van der Waals surface area (Å²) in [4.78, 5) is 4.11. The van der Waals surface area contributed by atoms with E-state index in [4.69, 9.17) is 15.0 Å². The standard InChI is InChI=1S/C16H15N3O2/c1-10-5-6-11(8-13(10)20-2)15-14(16(17)21-19-15)12-4-3-7-18-9-12/h3-9H,17H2,1-2H3. The lowest BCUT2D eigenvalue weighted by Gasteiger charge is -2.07. The van der Waals surface area contributed by atoms with E-state index >= 15 is 0 Å². The van der Waals surface area contributed by atoms with Crippen molar-refractivity contribution >= 4 is 5.88 Å². The number of ether oxygens (including phenoxy) is 1. The SMILES string of the molecule is COc1cc(-c2noc(N)c2-c2cccnc2)ccc1C. The summed E-state index contributed by atoms with van der Waals surface area (Å²) >= 11 is 0. The predicted molar refractivity (Wildman–Crippen MR) is 80.9 cm³/mol. The molecular formula is C16H15N3O2. The first-order valence-electron chi connectivity index (χ1n) is 6.51. The van der Waals surface area contributed by atoms with Crippen molar-refractivity contribution in [2.45, 2.75) is 6.92 Å². The number of pyridine rings is 1. The Morgan fingerprint density at radius 1 is 1.19 bits per heavy atom. The fourth-order valence-electron chi connectivity index (χ4n) is 2.26. The van der Waals surface area contributed by atoms with Crippen molar-refractivity contribution < 1.29 is 9.26 Å². The average Bonchev–Trinajstić information content (AvgIpc) is 2.90. The summed E-state index contributed by atoms with van der Waals surface area (Å²) in [7, 11) is 1.64. The summed E-state index contributed by atoms with van der Waals surface area (Å²) in [5.74, 6) is 1.07. The number of nitrogen functional groups attached to an aromatic ring is 1. The van der Waals surface area contributed by atoms with Gasteiger partial charge in [-0.2, -0.15) is 0 Å². The molecule has 0 saturated heterocycles. The maximum Gasteiger partial charge on any atom is 0.230 e. The van der Waals surface area contributed by atoms with E-state index < -0.39 is 0 Å². The Morgan fingerprint density at radius 2 is 2.05 bits per heavy atom. The second-order valence-electron chi connectivity index (χ2n) is 4.70. The van der Waals surface area contributed by atoms with Crippen LogP contribution in [0.5, 0.6) is 5.75 Å². The van der Waals surface area contributed by atoms with Crippen molar-refractivity contribution in [3.63, 3.8) is 0 Å². The zero-order valence-electron chi connectivity index (χ0n) is 11.8. The van der Waals surface area contributed by atoms with Crippen molar-refractivity contribution in [2.75, 3.05) is 12.8 Å². The third kappa shape index (κ3) is 2.33. The van der Waals surface area contributed by atoms with Crippen LogP contribution in [-0.4, -0.2) is 17.3 Å². The van der Waals surface area contributed by atoms with Crippen LogP contribution < -0.4 is 10.5 Å². The average molecular weight is 281 g/mol. The summed E-state index contributed by atoms with van der Waals surface area (Å²) in [6, 6.07) is 9.64. The van der Waals surface area contributed by atoms with Gasteiger partial charge in [-0.1, -0.05) is 23.4 Å². The minimum absolute atomic E-state index is 0.276. The summed E-state index contributed by atoms with van der Waals surface area (Å²) < 4.78 is 10.5. The molecule has 0 radical (unpaired) electrons. The van der Waals surface area contributed by atoms with Crippen LogP contribution in [0.2, 0.25) is 0 Å². The smallest absolute Gasteiger partial charge is 0.230 e. The number of nitrogens with two attached hydrogens (primary N) is 1. The Hall–Kier alpha value is -2.82. The second kappa shape index (κ2) is 5.28. The molecule has 106 valence electrons. The van der Waals surface area contributed by atoms with Gasteiger partial charge in [0.25, 0.3) is 0 Å². The number of anilines is 1. The molecule has 0 saturated carbocycles. The van der Waals surface area contributed by atoms with Crippen LogP contribution in [0.3, 0.4) is 0 Å². The summed E-state index contributed by atoms with van der Waals surface area (Å²) in [5.41, 5.74) is 10.2. The van der Waals surface area contributed by atoms with E-state index in [2.05, 4.69) is 10.1 Å². The second-order valence-corrected chi connectivity index (χ2v) is 4.70. The van der Waals surface area contributed by atoms with Crippen molar-refractivity contribution in [2.24, 2.45) is 0 Å². The van der Waals surface area contributed by atoms with Gasteiger partial charge >= 0.3 is 0 Å². The van der Waals surface area contributed by atoms with Gasteiger partial charge in [-0.3, -0.25) is 4.98 Å². The van der Waals surface area contributed by atoms with E-state index in [-0.39, 0.29) is 5.88 Å². The number of aromatic nitrogens is 2. The van der Waals surface area contributed by atoms with Crippen LogP contribution in [0.15, 0.2) is 47.2 Å². The van der Waals surface area contributed by atoms with Crippen LogP contribution in [-0.2, 0) is 0 Å². The summed E-state index contributed by atoms with van der Waals surface area (Å²) in [6.45, 7) is 1.99. The zero-order valence-corrected chi connectivity index (χ0v) is 11.8. The van der Waals surface area contributed by atoms with E-state index in [1.165, 1.54) is 0 Å². The fourth-order valence-corrected chi connectivity index (χ4v) is 2.26. The number of benzene rings is 1. The lowest BCUT2D eigenvalue weighted by molar-refractivity contribution is 0.411. The predicted octanol–water partition coefficient (Wildman–Crippen LogP) is 3.30. The van der Waals surface area contributed by atoms with Crippen LogP contribution >= 0.6 is 0 Å². The van der Waals surface area contributed by atoms with E-state index in [9.17, 15) is 0 Å². The maximum absolute atomic E-state index is 5.92. The molecule has 0 amide bonds. The lowest BCUT2D eigenvalue weighted by Crippen LogP contribution is -1.91. The molecule has 21 heavy (non-hydrogen) atoms. The van der Waals surface area contributed by atoms with Crippen molar-refractivity contribution in [3.8, 4) is 28.1 Å². The Morgan fingerprint density at radius 3 is 2.76 bits per heavy atom. The number of aryl methyl sites for hydroxylation is 1. The number of nitrogens with zero attached hydrogens (tertiary/aromatic N) is 2. The Labute approximate surface area is 122 Å². The molecular weight excluding hydrogens is 266 g/mol. The van der Waals surface area contributed by atoms with E-state index in [1.54, 1.807) is 19.5 Å². The van der Waals surface area contributed by atoms with Gasteiger partial charge in [0.15, 0.2) is 0 Å². The number of methoxy groups -OCH3 is 1. The third-order valence-electron chi connectivity index (χ3n) is 3.35. The van der Waals surface area contributed by atoms with Gasteiger partial charge in [-0.15, -0.1) is 0 Å². The van der Waals surface area contributed by atoms with E-state index in [0.29, 0.717) is 5.69 Å². The molecule has 0 spiro atoms. The zero-order chi connectivity index (χ0) is 14.8. The molecule has 3 aromatic rings. The maximum atomic E-state index is 5.92. The molecule has 3 rings (SSSR count). The number of hydrogen-bond donors (Lipinski definition) is 1. The molecule has 2 N–H and O–H groups in total. The number of hydrogen-bond acceptors (Lipinski definition) is 5. The van der Waals surface area contributed by atoms with Crippen LogP contribution in [0, 0.1) is 6.92 Å². The third-order valence-corrected chi connectivity index (χ3v) is 3.35. The molecule has 0 unspecified atom stereocenters. The molecule has 0 aliphatic carbocycles. The molecule has 2 heterocycles. The quantitative estimate of drug-likeness (QED) is 0.797. The normalized spacial score (nSPS) is 10.6. The topological polar surface area (TPSA) is 74.2 Å². The van der Waals surface area contributed by atoms with Crippen molar-refractivity contribution in [1.82, 2.24) is 10.1 Å². The minimum Gasteiger partial charge on any atom is -0.496 e. The number of rotatable bonds is 3. The molecule has 5 nitrogen and oxygen atoms in total. The van der Waals surface area contributed by atoms with Gasteiger partial charge in [-0.05, 0) is 24.6 Å². The minimum atomic E-state index is 0.276. The Kier molecular flexibility index (Phi) is 3.31. The largest absolute Gasteiger partial charge is 0.496 e. The molecule has 0 fully saturated rings. The van der Waals surface area contributed by atoms with E-state index in [0.717, 1.165) is 28.0 Å². The van der Waals surface area contributed by atoms with Crippen molar-refractivity contribution in [3.05, 3.63) is 48.3 Å². The summed E-state index contributed by atoms with van der Waals surface area (Å²) in [6.07, 6.45) is 3.44. The first kappa shape index (κ1) is 13.2. The summed E-state index contributed by atoms with van der Waals surface area (Å²) in [5, 5.41) is 4.08. The lowest BCUT2D eigenvalue weighted by atomic mass is 10.0. The first-order valence-corrected chi connectivity index (χ1v) is 6.51. The van der Waals surface area contributed by atoms with Crippen LogP contribution in [0.4, 0.5) is 5.88 Å². The fraction of sp³-hybridized carbons (Fsp3) is 0.125. The Balaban J connectivity index is 2.17. The highest BCUT2D eigenvalue weighted by Crippen LogP contribution is 2.37. The highest BCUT2D eigenvalue weighted by Gasteiger charge is 2.18. The van der Waals surface area contributed by atoms with Gasteiger partial charge in [0.05, 0.1) is 12.7 Å². The highest BCUT2D eigenvalue weighted by molar-refractivity contribution is 5.86. The van der Waals surface area contributed by atoms with E-state index in [1.807, 2.05) is 37.3 Å². The van der Waals surface area contributed by atoms with Gasteiger partial charge in [0, 0.05) is 23.5 Å². The highest BCUT2D eigenvalue weighted by atomic mass is 16.5. The molecule has 0 aliphatic rings. The molecule has 2 aromatic heterocycles. The van der Waals surface area contributed by atoms with Crippen molar-refractivity contribution in [1.29, 1.82) is 0 Å². The molecule has 5 heteroatoms.